The SMILES string of the molecule is COC(=O)c1cc(NC(=O)c2cccc(-c3nnnn3C)c2)ccc1C. The van der Waals surface area contributed by atoms with Crippen LogP contribution in [0.3, 0.4) is 0 Å². The Kier molecular flexibility index (Phi) is 4.74. The summed E-state index contributed by atoms with van der Waals surface area (Å²) in [5.74, 6) is -0.194. The van der Waals surface area contributed by atoms with Crippen molar-refractivity contribution in [2.75, 3.05) is 12.4 Å². The van der Waals surface area contributed by atoms with E-state index in [0.29, 0.717) is 22.6 Å². The van der Waals surface area contributed by atoms with Gasteiger partial charge in [-0.3, -0.25) is 4.79 Å². The molecule has 0 saturated heterocycles. The van der Waals surface area contributed by atoms with Crippen molar-refractivity contribution in [3.05, 3.63) is 59.2 Å². The van der Waals surface area contributed by atoms with Crippen LogP contribution in [0.1, 0.15) is 26.3 Å². The number of methoxy groups -OCH3 is 1. The Morgan fingerprint density at radius 2 is 1.96 bits per heavy atom. The molecule has 1 aromatic heterocycles. The fraction of sp³-hybridized carbons (Fsp3) is 0.167. The molecule has 0 atom stereocenters. The van der Waals surface area contributed by atoms with E-state index in [9.17, 15) is 9.59 Å². The van der Waals surface area contributed by atoms with Gasteiger partial charge in [-0.2, -0.15) is 0 Å². The minimum absolute atomic E-state index is 0.304. The topological polar surface area (TPSA) is 99.0 Å². The Morgan fingerprint density at radius 3 is 2.65 bits per heavy atom. The molecule has 3 rings (SSSR count). The number of anilines is 1. The first kappa shape index (κ1) is 17.3. The lowest BCUT2D eigenvalue weighted by molar-refractivity contribution is 0.0599. The highest BCUT2D eigenvalue weighted by Gasteiger charge is 2.13. The van der Waals surface area contributed by atoms with E-state index in [1.54, 1.807) is 50.4 Å². The van der Waals surface area contributed by atoms with Crippen molar-refractivity contribution >= 4 is 17.6 Å². The van der Waals surface area contributed by atoms with Gasteiger partial charge in [0.25, 0.3) is 5.91 Å². The van der Waals surface area contributed by atoms with Gasteiger partial charge in [0.1, 0.15) is 0 Å². The molecule has 26 heavy (non-hydrogen) atoms. The lowest BCUT2D eigenvalue weighted by atomic mass is 10.1. The molecule has 0 saturated carbocycles. The minimum Gasteiger partial charge on any atom is -0.465 e. The molecule has 0 spiro atoms. The van der Waals surface area contributed by atoms with Gasteiger partial charge in [0.2, 0.25) is 0 Å². The van der Waals surface area contributed by atoms with E-state index < -0.39 is 5.97 Å². The van der Waals surface area contributed by atoms with Crippen LogP contribution >= 0.6 is 0 Å². The summed E-state index contributed by atoms with van der Waals surface area (Å²) < 4.78 is 6.28. The maximum absolute atomic E-state index is 12.6. The van der Waals surface area contributed by atoms with Crippen molar-refractivity contribution < 1.29 is 14.3 Å². The Morgan fingerprint density at radius 1 is 1.15 bits per heavy atom. The van der Waals surface area contributed by atoms with Crippen molar-refractivity contribution in [1.29, 1.82) is 0 Å². The van der Waals surface area contributed by atoms with E-state index in [0.717, 1.165) is 11.1 Å². The zero-order valence-electron chi connectivity index (χ0n) is 14.6. The van der Waals surface area contributed by atoms with E-state index in [1.807, 2.05) is 6.07 Å². The van der Waals surface area contributed by atoms with Gasteiger partial charge in [-0.25, -0.2) is 9.48 Å². The number of carbonyl (C=O) groups excluding carboxylic acids is 2. The zero-order chi connectivity index (χ0) is 18.7. The summed E-state index contributed by atoms with van der Waals surface area (Å²) in [7, 11) is 3.04. The molecule has 1 N–H and O–H groups in total. The van der Waals surface area contributed by atoms with Gasteiger partial charge in [-0.1, -0.05) is 18.2 Å². The van der Waals surface area contributed by atoms with E-state index in [2.05, 4.69) is 20.8 Å². The number of aromatic nitrogens is 4. The summed E-state index contributed by atoms with van der Waals surface area (Å²) in [5.41, 5.74) is 2.86. The number of nitrogens with zero attached hydrogens (tertiary/aromatic N) is 4. The molecule has 8 heteroatoms. The predicted octanol–water partition coefficient (Wildman–Crippen LogP) is 2.22. The van der Waals surface area contributed by atoms with Crippen LogP contribution in [0, 0.1) is 6.92 Å². The molecule has 0 aliphatic carbocycles. The zero-order valence-corrected chi connectivity index (χ0v) is 14.6. The Balaban J connectivity index is 1.85. The Bertz CT molecular complexity index is 980. The highest BCUT2D eigenvalue weighted by molar-refractivity contribution is 6.05. The number of hydrogen-bond donors (Lipinski definition) is 1. The third kappa shape index (κ3) is 3.44. The van der Waals surface area contributed by atoms with Crippen LogP contribution in [-0.4, -0.2) is 39.2 Å². The number of tetrazole rings is 1. The van der Waals surface area contributed by atoms with E-state index >= 15 is 0 Å². The number of carbonyl (C=O) groups is 2. The third-order valence-electron chi connectivity index (χ3n) is 3.90. The van der Waals surface area contributed by atoms with Gasteiger partial charge in [0, 0.05) is 23.9 Å². The fourth-order valence-corrected chi connectivity index (χ4v) is 2.51. The number of esters is 1. The van der Waals surface area contributed by atoms with E-state index in [1.165, 1.54) is 11.8 Å². The normalized spacial score (nSPS) is 10.4. The monoisotopic (exact) mass is 351 g/mol. The molecule has 3 aromatic rings. The lowest BCUT2D eigenvalue weighted by Gasteiger charge is -2.09. The smallest absolute Gasteiger partial charge is 0.338 e. The molecule has 0 fully saturated rings. The molecule has 0 radical (unpaired) electrons. The number of amides is 1. The van der Waals surface area contributed by atoms with Gasteiger partial charge in [-0.05, 0) is 47.2 Å². The first-order valence-electron chi connectivity index (χ1n) is 7.82. The Labute approximate surface area is 149 Å². The van der Waals surface area contributed by atoms with Crippen molar-refractivity contribution in [2.24, 2.45) is 7.05 Å². The maximum atomic E-state index is 12.6. The first-order chi connectivity index (χ1) is 12.5. The molecule has 0 unspecified atom stereocenters. The summed E-state index contributed by atoms with van der Waals surface area (Å²) in [4.78, 5) is 24.4. The molecule has 0 bridgehead atoms. The molecule has 132 valence electrons. The highest BCUT2D eigenvalue weighted by Crippen LogP contribution is 2.20. The summed E-state index contributed by atoms with van der Waals surface area (Å²) >= 11 is 0. The van der Waals surface area contributed by atoms with Crippen LogP contribution in [0.2, 0.25) is 0 Å². The summed E-state index contributed by atoms with van der Waals surface area (Å²) in [6, 6.07) is 12.1. The average molecular weight is 351 g/mol. The molecule has 2 aromatic carbocycles. The number of benzene rings is 2. The molecule has 0 aliphatic rings. The third-order valence-corrected chi connectivity index (χ3v) is 3.90. The van der Waals surface area contributed by atoms with Crippen LogP contribution in [0.15, 0.2) is 42.5 Å². The van der Waals surface area contributed by atoms with Crippen LogP contribution in [-0.2, 0) is 11.8 Å². The summed E-state index contributed by atoms with van der Waals surface area (Å²) in [6.07, 6.45) is 0. The molecule has 1 heterocycles. The maximum Gasteiger partial charge on any atom is 0.338 e. The summed E-state index contributed by atoms with van der Waals surface area (Å²) in [5, 5.41) is 14.1. The summed E-state index contributed by atoms with van der Waals surface area (Å²) in [6.45, 7) is 1.80. The highest BCUT2D eigenvalue weighted by atomic mass is 16.5. The van der Waals surface area contributed by atoms with Gasteiger partial charge in [0.05, 0.1) is 12.7 Å². The lowest BCUT2D eigenvalue weighted by Crippen LogP contribution is -2.13. The van der Waals surface area contributed by atoms with Crippen molar-refractivity contribution in [2.45, 2.75) is 6.92 Å². The standard InChI is InChI=1S/C18H17N5O3/c1-11-7-8-14(10-15(11)18(25)26-3)19-17(24)13-6-4-5-12(9-13)16-20-21-22-23(16)2/h4-10H,1-3H3,(H,19,24). The van der Waals surface area contributed by atoms with Crippen LogP contribution in [0.4, 0.5) is 5.69 Å². The molecule has 1 amide bonds. The second kappa shape index (κ2) is 7.14. The van der Waals surface area contributed by atoms with Crippen LogP contribution < -0.4 is 5.32 Å². The molecular weight excluding hydrogens is 334 g/mol. The van der Waals surface area contributed by atoms with Gasteiger partial charge in [0.15, 0.2) is 5.82 Å². The van der Waals surface area contributed by atoms with Crippen molar-refractivity contribution in [3.63, 3.8) is 0 Å². The number of rotatable bonds is 4. The number of aryl methyl sites for hydroxylation is 2. The van der Waals surface area contributed by atoms with E-state index in [-0.39, 0.29) is 5.91 Å². The molecule has 8 nitrogen and oxygen atoms in total. The second-order valence-electron chi connectivity index (χ2n) is 5.68. The van der Waals surface area contributed by atoms with Gasteiger partial charge < -0.3 is 10.1 Å². The molecule has 0 aliphatic heterocycles. The number of hydrogen-bond acceptors (Lipinski definition) is 6. The average Bonchev–Trinajstić information content (AvgIpc) is 3.08. The van der Waals surface area contributed by atoms with Crippen molar-refractivity contribution in [1.82, 2.24) is 20.2 Å². The molecular formula is C18H17N5O3. The quantitative estimate of drug-likeness (QED) is 0.724. The fourth-order valence-electron chi connectivity index (χ4n) is 2.51. The second-order valence-corrected chi connectivity index (χ2v) is 5.68. The largest absolute Gasteiger partial charge is 0.465 e. The van der Waals surface area contributed by atoms with Crippen LogP contribution in [0.25, 0.3) is 11.4 Å². The van der Waals surface area contributed by atoms with Crippen LogP contribution in [0.5, 0.6) is 0 Å². The number of ether oxygens (including phenoxy) is 1. The van der Waals surface area contributed by atoms with Crippen molar-refractivity contribution in [3.8, 4) is 11.4 Å². The Hall–Kier alpha value is -3.55. The minimum atomic E-state index is -0.449. The van der Waals surface area contributed by atoms with Gasteiger partial charge in [-0.15, -0.1) is 5.10 Å². The first-order valence-corrected chi connectivity index (χ1v) is 7.82. The van der Waals surface area contributed by atoms with E-state index in [4.69, 9.17) is 4.74 Å². The van der Waals surface area contributed by atoms with Gasteiger partial charge >= 0.3 is 5.97 Å². The number of nitrogens with one attached hydrogen (secondary N) is 1. The predicted molar refractivity (Wildman–Crippen MR) is 94.7 cm³/mol.